The third-order valence-electron chi connectivity index (χ3n) is 6.58. The molecule has 0 aliphatic carbocycles. The number of hydrogen-bond donors (Lipinski definition) is 4. The number of carbonyl (C=O) groups is 4. The van der Waals surface area contributed by atoms with E-state index in [4.69, 9.17) is 9.47 Å². The minimum Gasteiger partial charge on any atom is -0.445 e. The fraction of sp³-hybridized carbons (Fsp3) is 0.294. The molecule has 3 aromatic rings. The van der Waals surface area contributed by atoms with Crippen LogP contribution in [0.3, 0.4) is 0 Å². The lowest BCUT2D eigenvalue weighted by atomic mass is 10.1. The molecule has 0 fully saturated rings. The Bertz CT molecular complexity index is 1330. The summed E-state index contributed by atoms with van der Waals surface area (Å²) < 4.78 is 10.5. The highest BCUT2D eigenvalue weighted by molar-refractivity contribution is 5.86. The molecule has 1 atom stereocenters. The van der Waals surface area contributed by atoms with Crippen molar-refractivity contribution in [2.45, 2.75) is 51.5 Å². The third kappa shape index (κ3) is 13.2. The van der Waals surface area contributed by atoms with E-state index in [9.17, 15) is 19.2 Å². The highest BCUT2D eigenvalue weighted by atomic mass is 16.6. The molecule has 44 heavy (non-hydrogen) atoms. The summed E-state index contributed by atoms with van der Waals surface area (Å²) in [6.45, 7) is 4.78. The zero-order valence-corrected chi connectivity index (χ0v) is 24.8. The molecule has 4 N–H and O–H groups in total. The van der Waals surface area contributed by atoms with Crippen LogP contribution in [0.25, 0.3) is 6.08 Å². The molecule has 0 saturated carbocycles. The smallest absolute Gasteiger partial charge is 0.408 e. The van der Waals surface area contributed by atoms with Crippen LogP contribution >= 0.6 is 0 Å². The summed E-state index contributed by atoms with van der Waals surface area (Å²) in [5.74, 6) is -0.639. The summed E-state index contributed by atoms with van der Waals surface area (Å²) >= 11 is 0. The Kier molecular flexibility index (Phi) is 14.5. The van der Waals surface area contributed by atoms with Crippen LogP contribution < -0.4 is 21.3 Å². The molecule has 4 amide bonds. The van der Waals surface area contributed by atoms with Gasteiger partial charge in [-0.1, -0.05) is 97.6 Å². The topological polar surface area (TPSA) is 135 Å². The van der Waals surface area contributed by atoms with Gasteiger partial charge in [0.2, 0.25) is 11.8 Å². The number of unbranched alkanes of at least 4 members (excludes halogenated alkanes) is 1. The minimum absolute atomic E-state index is 0.0620. The van der Waals surface area contributed by atoms with E-state index in [1.54, 1.807) is 6.08 Å². The number of benzene rings is 3. The zero-order chi connectivity index (χ0) is 31.4. The Morgan fingerprint density at radius 3 is 1.91 bits per heavy atom. The van der Waals surface area contributed by atoms with E-state index in [1.165, 1.54) is 0 Å². The van der Waals surface area contributed by atoms with Gasteiger partial charge in [0.15, 0.2) is 0 Å². The van der Waals surface area contributed by atoms with Crippen molar-refractivity contribution >= 4 is 30.1 Å². The first-order valence-electron chi connectivity index (χ1n) is 14.6. The second-order valence-corrected chi connectivity index (χ2v) is 10.0. The maximum atomic E-state index is 13.0. The van der Waals surface area contributed by atoms with Gasteiger partial charge in [0.1, 0.15) is 19.3 Å². The van der Waals surface area contributed by atoms with Gasteiger partial charge in [-0.15, -0.1) is 0 Å². The quantitative estimate of drug-likeness (QED) is 0.164. The van der Waals surface area contributed by atoms with Crippen molar-refractivity contribution in [2.24, 2.45) is 0 Å². The molecule has 232 valence electrons. The Morgan fingerprint density at radius 2 is 1.30 bits per heavy atom. The second-order valence-electron chi connectivity index (χ2n) is 10.0. The molecule has 0 saturated heterocycles. The van der Waals surface area contributed by atoms with Crippen LogP contribution in [-0.2, 0) is 38.8 Å². The first-order valence-corrected chi connectivity index (χ1v) is 14.6. The second kappa shape index (κ2) is 19.1. The molecule has 0 unspecified atom stereocenters. The maximum Gasteiger partial charge on any atom is 0.408 e. The number of ether oxygens (including phenoxy) is 2. The Labute approximate surface area is 258 Å². The summed E-state index contributed by atoms with van der Waals surface area (Å²) in [5.41, 5.74) is 3.65. The molecule has 0 radical (unpaired) electrons. The summed E-state index contributed by atoms with van der Waals surface area (Å²) in [4.78, 5) is 49.7. The molecule has 10 nitrogen and oxygen atoms in total. The van der Waals surface area contributed by atoms with Crippen LogP contribution in [-0.4, -0.2) is 43.1 Å². The molecule has 0 bridgehead atoms. The maximum absolute atomic E-state index is 13.0. The van der Waals surface area contributed by atoms with Crippen molar-refractivity contribution in [1.29, 1.82) is 0 Å². The Balaban J connectivity index is 1.40. The van der Waals surface area contributed by atoms with Crippen LogP contribution in [0.5, 0.6) is 0 Å². The summed E-state index contributed by atoms with van der Waals surface area (Å²) in [6.07, 6.45) is 1.96. The average Bonchev–Trinajstić information content (AvgIpc) is 3.05. The van der Waals surface area contributed by atoms with Gasteiger partial charge in [-0.25, -0.2) is 9.59 Å². The standard InChI is InChI=1S/C34H40N4O6/c1-2-26-16-18-27(19-17-26)23-37-31(39)20-22-35-32(40)30(38-34(42)44-25-29-13-7-4-8-14-29)15-9-10-21-36-33(41)43-24-28-11-5-3-6-12-28/h2-8,11-14,16-19,30H,1,9-10,15,20-25H2,(H,35,40)(H,36,41)(H,37,39)(H,38,42)/t30-/m1/s1. The van der Waals surface area contributed by atoms with Crippen molar-refractivity contribution in [1.82, 2.24) is 21.3 Å². The van der Waals surface area contributed by atoms with Gasteiger partial charge in [0.05, 0.1) is 0 Å². The van der Waals surface area contributed by atoms with E-state index in [0.717, 1.165) is 22.3 Å². The van der Waals surface area contributed by atoms with Gasteiger partial charge >= 0.3 is 12.2 Å². The van der Waals surface area contributed by atoms with Crippen LogP contribution in [0.15, 0.2) is 91.5 Å². The molecule has 0 aromatic heterocycles. The fourth-order valence-corrected chi connectivity index (χ4v) is 4.10. The van der Waals surface area contributed by atoms with Gasteiger partial charge in [-0.2, -0.15) is 0 Å². The van der Waals surface area contributed by atoms with Gasteiger partial charge in [-0.3, -0.25) is 9.59 Å². The van der Waals surface area contributed by atoms with Crippen molar-refractivity contribution < 1.29 is 28.7 Å². The van der Waals surface area contributed by atoms with Gasteiger partial charge in [0.25, 0.3) is 0 Å². The summed E-state index contributed by atoms with van der Waals surface area (Å²) in [5, 5.41) is 10.9. The molecule has 0 aliphatic rings. The molecule has 0 heterocycles. The third-order valence-corrected chi connectivity index (χ3v) is 6.58. The van der Waals surface area contributed by atoms with E-state index in [2.05, 4.69) is 27.8 Å². The lowest BCUT2D eigenvalue weighted by molar-refractivity contribution is -0.123. The van der Waals surface area contributed by atoms with Crippen molar-refractivity contribution in [2.75, 3.05) is 13.1 Å². The first kappa shape index (κ1) is 33.4. The van der Waals surface area contributed by atoms with Crippen molar-refractivity contribution in [3.05, 3.63) is 114 Å². The van der Waals surface area contributed by atoms with E-state index in [0.29, 0.717) is 32.4 Å². The number of alkyl carbamates (subject to hydrolysis) is 2. The summed E-state index contributed by atoms with van der Waals surface area (Å²) in [7, 11) is 0. The number of rotatable bonds is 17. The molecular weight excluding hydrogens is 560 g/mol. The highest BCUT2D eigenvalue weighted by Gasteiger charge is 2.21. The number of nitrogens with one attached hydrogen (secondary N) is 4. The van der Waals surface area contributed by atoms with Gasteiger partial charge in [-0.05, 0) is 41.5 Å². The van der Waals surface area contributed by atoms with Crippen LogP contribution in [0.2, 0.25) is 0 Å². The van der Waals surface area contributed by atoms with E-state index < -0.39 is 24.1 Å². The first-order chi connectivity index (χ1) is 21.4. The van der Waals surface area contributed by atoms with E-state index in [1.807, 2.05) is 84.9 Å². The van der Waals surface area contributed by atoms with Crippen molar-refractivity contribution in [3.8, 4) is 0 Å². The SMILES string of the molecule is C=Cc1ccc(CNC(=O)CCNC(=O)[C@@H](CCCCNC(=O)OCc2ccccc2)NC(=O)OCc2ccccc2)cc1. The monoisotopic (exact) mass is 600 g/mol. The lowest BCUT2D eigenvalue weighted by Crippen LogP contribution is -2.47. The van der Waals surface area contributed by atoms with Crippen LogP contribution in [0, 0.1) is 0 Å². The molecule has 0 aliphatic heterocycles. The highest BCUT2D eigenvalue weighted by Crippen LogP contribution is 2.07. The Hall–Kier alpha value is -5.12. The van der Waals surface area contributed by atoms with Crippen LogP contribution in [0.1, 0.15) is 47.9 Å². The summed E-state index contributed by atoms with van der Waals surface area (Å²) in [6, 6.07) is 25.3. The zero-order valence-electron chi connectivity index (χ0n) is 24.8. The largest absolute Gasteiger partial charge is 0.445 e. The van der Waals surface area contributed by atoms with Gasteiger partial charge < -0.3 is 30.7 Å². The predicted octanol–water partition coefficient (Wildman–Crippen LogP) is 4.84. The van der Waals surface area contributed by atoms with Crippen molar-refractivity contribution in [3.63, 3.8) is 0 Å². The molecule has 3 aromatic carbocycles. The number of amides is 4. The van der Waals surface area contributed by atoms with Gasteiger partial charge in [0, 0.05) is 26.1 Å². The fourth-order valence-electron chi connectivity index (χ4n) is 4.10. The Morgan fingerprint density at radius 1 is 0.682 bits per heavy atom. The molecular formula is C34H40N4O6. The van der Waals surface area contributed by atoms with E-state index in [-0.39, 0.29) is 32.1 Å². The number of carbonyl (C=O) groups excluding carboxylic acids is 4. The lowest BCUT2D eigenvalue weighted by Gasteiger charge is -2.18. The average molecular weight is 601 g/mol. The molecule has 0 spiro atoms. The molecule has 10 heteroatoms. The van der Waals surface area contributed by atoms with Crippen LogP contribution in [0.4, 0.5) is 9.59 Å². The molecule has 3 rings (SSSR count). The number of hydrogen-bond acceptors (Lipinski definition) is 6. The van der Waals surface area contributed by atoms with E-state index >= 15 is 0 Å². The predicted molar refractivity (Wildman–Crippen MR) is 168 cm³/mol. The minimum atomic E-state index is -0.880. The normalized spacial score (nSPS) is 11.0.